The van der Waals surface area contributed by atoms with Gasteiger partial charge in [-0.15, -0.1) is 6.58 Å². The van der Waals surface area contributed by atoms with E-state index in [1.807, 2.05) is 13.0 Å². The smallest absolute Gasteiger partial charge is 0.230 e. The van der Waals surface area contributed by atoms with E-state index >= 15 is 0 Å². The molecular formula is C11H17N5. The van der Waals surface area contributed by atoms with E-state index < -0.39 is 0 Å². The molecule has 1 aromatic heterocycles. The SMILES string of the molecule is C=CC1CCN(c2nc(C)nc(N)n2)CC1. The normalized spacial score (nSPS) is 17.4. The van der Waals surface area contributed by atoms with E-state index in [4.69, 9.17) is 5.73 Å². The van der Waals surface area contributed by atoms with Gasteiger partial charge < -0.3 is 10.6 Å². The first kappa shape index (κ1) is 10.9. The molecule has 0 unspecified atom stereocenters. The molecule has 2 rings (SSSR count). The Balaban J connectivity index is 2.10. The molecule has 0 atom stereocenters. The second-order valence-corrected chi connectivity index (χ2v) is 4.10. The molecule has 86 valence electrons. The summed E-state index contributed by atoms with van der Waals surface area (Å²) in [4.78, 5) is 14.6. The lowest BCUT2D eigenvalue weighted by Crippen LogP contribution is -2.34. The molecule has 1 aliphatic heterocycles. The largest absolute Gasteiger partial charge is 0.368 e. The van der Waals surface area contributed by atoms with Gasteiger partial charge in [0.2, 0.25) is 11.9 Å². The van der Waals surface area contributed by atoms with Crippen molar-refractivity contribution in [3.8, 4) is 0 Å². The molecule has 1 aliphatic rings. The number of hydrogen-bond acceptors (Lipinski definition) is 5. The molecule has 2 heterocycles. The Kier molecular flexibility index (Phi) is 3.03. The van der Waals surface area contributed by atoms with Crippen LogP contribution in [0.15, 0.2) is 12.7 Å². The van der Waals surface area contributed by atoms with Crippen molar-refractivity contribution < 1.29 is 0 Å². The van der Waals surface area contributed by atoms with Crippen molar-refractivity contribution in [2.24, 2.45) is 5.92 Å². The van der Waals surface area contributed by atoms with Crippen LogP contribution in [0.4, 0.5) is 11.9 Å². The van der Waals surface area contributed by atoms with Crippen molar-refractivity contribution in [1.29, 1.82) is 0 Å². The summed E-state index contributed by atoms with van der Waals surface area (Å²) in [5.41, 5.74) is 5.61. The zero-order chi connectivity index (χ0) is 11.5. The molecule has 0 radical (unpaired) electrons. The second kappa shape index (κ2) is 4.47. The molecule has 0 saturated carbocycles. The number of allylic oxidation sites excluding steroid dienone is 1. The lowest BCUT2D eigenvalue weighted by molar-refractivity contribution is 0.474. The summed E-state index contributed by atoms with van der Waals surface area (Å²) in [6, 6.07) is 0. The first-order valence-electron chi connectivity index (χ1n) is 5.54. The second-order valence-electron chi connectivity index (χ2n) is 4.10. The standard InChI is InChI=1S/C11H17N5/c1-3-9-4-6-16(7-5-9)11-14-8(2)13-10(12)15-11/h3,9H,1,4-7H2,2H3,(H2,12,13,14,15). The third-order valence-electron chi connectivity index (χ3n) is 2.91. The lowest BCUT2D eigenvalue weighted by atomic mass is 9.97. The van der Waals surface area contributed by atoms with Crippen LogP contribution in [0.25, 0.3) is 0 Å². The van der Waals surface area contributed by atoms with E-state index in [9.17, 15) is 0 Å². The highest BCUT2D eigenvalue weighted by atomic mass is 15.3. The summed E-state index contributed by atoms with van der Waals surface area (Å²) < 4.78 is 0. The maximum atomic E-state index is 5.61. The summed E-state index contributed by atoms with van der Waals surface area (Å²) in [5.74, 6) is 2.30. The van der Waals surface area contributed by atoms with Gasteiger partial charge >= 0.3 is 0 Å². The van der Waals surface area contributed by atoms with Gasteiger partial charge in [0.05, 0.1) is 0 Å². The molecule has 16 heavy (non-hydrogen) atoms. The fourth-order valence-corrected chi connectivity index (χ4v) is 1.96. The van der Waals surface area contributed by atoms with E-state index in [-0.39, 0.29) is 0 Å². The molecule has 1 aromatic rings. The quantitative estimate of drug-likeness (QED) is 0.756. The van der Waals surface area contributed by atoms with Crippen LogP contribution in [0.3, 0.4) is 0 Å². The van der Waals surface area contributed by atoms with Gasteiger partial charge in [-0.1, -0.05) is 6.08 Å². The number of hydrogen-bond donors (Lipinski definition) is 1. The molecule has 2 N–H and O–H groups in total. The Labute approximate surface area is 95.4 Å². The Hall–Kier alpha value is -1.65. The number of rotatable bonds is 2. The fourth-order valence-electron chi connectivity index (χ4n) is 1.96. The Morgan fingerprint density at radius 2 is 2.00 bits per heavy atom. The minimum absolute atomic E-state index is 0.299. The minimum atomic E-state index is 0.299. The molecule has 1 fully saturated rings. The molecule has 1 saturated heterocycles. The third-order valence-corrected chi connectivity index (χ3v) is 2.91. The van der Waals surface area contributed by atoms with Crippen LogP contribution in [0.1, 0.15) is 18.7 Å². The number of aromatic nitrogens is 3. The van der Waals surface area contributed by atoms with Gasteiger partial charge in [0.1, 0.15) is 5.82 Å². The molecule has 0 aromatic carbocycles. The van der Waals surface area contributed by atoms with Gasteiger partial charge in [-0.25, -0.2) is 0 Å². The molecule has 0 aliphatic carbocycles. The number of nitrogen functional groups attached to an aromatic ring is 1. The third kappa shape index (κ3) is 2.29. The summed E-state index contributed by atoms with van der Waals surface area (Å²) in [6.07, 6.45) is 4.24. The minimum Gasteiger partial charge on any atom is -0.368 e. The Morgan fingerprint density at radius 1 is 1.31 bits per heavy atom. The van der Waals surface area contributed by atoms with E-state index in [0.29, 0.717) is 23.6 Å². The van der Waals surface area contributed by atoms with Crippen LogP contribution < -0.4 is 10.6 Å². The van der Waals surface area contributed by atoms with Gasteiger partial charge in [0, 0.05) is 13.1 Å². The first-order valence-corrected chi connectivity index (χ1v) is 5.54. The highest BCUT2D eigenvalue weighted by molar-refractivity contribution is 5.35. The first-order chi connectivity index (χ1) is 7.69. The lowest BCUT2D eigenvalue weighted by Gasteiger charge is -2.30. The number of aryl methyl sites for hydroxylation is 1. The van der Waals surface area contributed by atoms with Crippen LogP contribution in [-0.2, 0) is 0 Å². The average molecular weight is 219 g/mol. The van der Waals surface area contributed by atoms with Crippen molar-refractivity contribution in [3.63, 3.8) is 0 Å². The maximum absolute atomic E-state index is 5.61. The van der Waals surface area contributed by atoms with E-state index in [2.05, 4.69) is 26.4 Å². The van der Waals surface area contributed by atoms with Crippen molar-refractivity contribution in [2.45, 2.75) is 19.8 Å². The van der Waals surface area contributed by atoms with Crippen molar-refractivity contribution in [3.05, 3.63) is 18.5 Å². The monoisotopic (exact) mass is 219 g/mol. The van der Waals surface area contributed by atoms with Crippen molar-refractivity contribution in [2.75, 3.05) is 23.7 Å². The predicted octanol–water partition coefficient (Wildman–Crippen LogP) is 1.16. The Bertz CT molecular complexity index is 362. The van der Waals surface area contributed by atoms with Crippen molar-refractivity contribution in [1.82, 2.24) is 15.0 Å². The zero-order valence-corrected chi connectivity index (χ0v) is 9.56. The molecule has 0 amide bonds. The number of piperidine rings is 1. The van der Waals surface area contributed by atoms with Gasteiger partial charge in [-0.3, -0.25) is 0 Å². The summed E-state index contributed by atoms with van der Waals surface area (Å²) >= 11 is 0. The van der Waals surface area contributed by atoms with Crippen LogP contribution in [0, 0.1) is 12.8 Å². The maximum Gasteiger partial charge on any atom is 0.230 e. The molecule has 0 spiro atoms. The zero-order valence-electron chi connectivity index (χ0n) is 9.56. The average Bonchev–Trinajstić information content (AvgIpc) is 2.28. The highest BCUT2D eigenvalue weighted by Crippen LogP contribution is 2.21. The molecule has 0 bridgehead atoms. The molecule has 5 heteroatoms. The van der Waals surface area contributed by atoms with Crippen LogP contribution in [-0.4, -0.2) is 28.0 Å². The summed E-state index contributed by atoms with van der Waals surface area (Å²) in [7, 11) is 0. The van der Waals surface area contributed by atoms with Gasteiger partial charge in [-0.05, 0) is 25.7 Å². The molecular weight excluding hydrogens is 202 g/mol. The van der Waals surface area contributed by atoms with Gasteiger partial charge in [-0.2, -0.15) is 15.0 Å². The number of nitrogens with zero attached hydrogens (tertiary/aromatic N) is 4. The van der Waals surface area contributed by atoms with Gasteiger partial charge in [0.25, 0.3) is 0 Å². The number of nitrogens with two attached hydrogens (primary N) is 1. The van der Waals surface area contributed by atoms with E-state index in [0.717, 1.165) is 25.9 Å². The van der Waals surface area contributed by atoms with Crippen molar-refractivity contribution >= 4 is 11.9 Å². The highest BCUT2D eigenvalue weighted by Gasteiger charge is 2.19. The van der Waals surface area contributed by atoms with Crippen LogP contribution >= 0.6 is 0 Å². The molecule has 5 nitrogen and oxygen atoms in total. The fraction of sp³-hybridized carbons (Fsp3) is 0.545. The van der Waals surface area contributed by atoms with Crippen LogP contribution in [0.5, 0.6) is 0 Å². The summed E-state index contributed by atoms with van der Waals surface area (Å²) in [6.45, 7) is 7.58. The van der Waals surface area contributed by atoms with Crippen LogP contribution in [0.2, 0.25) is 0 Å². The van der Waals surface area contributed by atoms with E-state index in [1.165, 1.54) is 0 Å². The van der Waals surface area contributed by atoms with E-state index in [1.54, 1.807) is 0 Å². The predicted molar refractivity (Wildman–Crippen MR) is 64.1 cm³/mol. The Morgan fingerprint density at radius 3 is 2.56 bits per heavy atom. The number of anilines is 2. The topological polar surface area (TPSA) is 67.9 Å². The van der Waals surface area contributed by atoms with Gasteiger partial charge in [0.15, 0.2) is 0 Å². The summed E-state index contributed by atoms with van der Waals surface area (Å²) in [5, 5.41) is 0.